The van der Waals surface area contributed by atoms with Crippen LogP contribution in [0.4, 0.5) is 19.0 Å². The lowest BCUT2D eigenvalue weighted by molar-refractivity contribution is 0.107. The number of fused-ring (bicyclic) bond motifs is 3. The summed E-state index contributed by atoms with van der Waals surface area (Å²) in [5.74, 6) is 2.13. The van der Waals surface area contributed by atoms with Crippen LogP contribution in [0.25, 0.3) is 32.8 Å². The number of halogens is 4. The Morgan fingerprint density at radius 1 is 1.02 bits per heavy atom. The van der Waals surface area contributed by atoms with Gasteiger partial charge in [0.1, 0.15) is 43.8 Å². The first-order chi connectivity index (χ1) is 26.7. The van der Waals surface area contributed by atoms with E-state index in [-0.39, 0.29) is 51.5 Å². The Balaban J connectivity index is 1.43. The first-order valence-electron chi connectivity index (χ1n) is 20.0. The predicted octanol–water partition coefficient (Wildman–Crippen LogP) is 10.7. The topological polar surface area (TPSA) is 85.5 Å². The van der Waals surface area contributed by atoms with Crippen molar-refractivity contribution < 1.29 is 23.0 Å². The molecule has 4 aromatic rings. The van der Waals surface area contributed by atoms with E-state index in [0.717, 1.165) is 32.2 Å². The van der Waals surface area contributed by atoms with Crippen LogP contribution in [0.5, 0.6) is 11.8 Å². The summed E-state index contributed by atoms with van der Waals surface area (Å²) >= 11 is 7.08. The molecule has 0 saturated carbocycles. The Hall–Kier alpha value is -4.03. The zero-order valence-corrected chi connectivity index (χ0v) is 34.9. The first kappa shape index (κ1) is 40.2. The summed E-state index contributed by atoms with van der Waals surface area (Å²) in [6, 6.07) is 9.78. The second-order valence-corrected chi connectivity index (χ2v) is 23.0. The van der Waals surface area contributed by atoms with Gasteiger partial charge in [0, 0.05) is 48.3 Å². The van der Waals surface area contributed by atoms with E-state index in [1.54, 1.807) is 12.1 Å². The van der Waals surface area contributed by atoms with Gasteiger partial charge in [0.2, 0.25) is 0 Å². The van der Waals surface area contributed by atoms with E-state index in [0.29, 0.717) is 71.1 Å². The molecule has 296 valence electrons. The molecule has 3 atom stereocenters. The summed E-state index contributed by atoms with van der Waals surface area (Å²) < 4.78 is 54.7. The maximum Gasteiger partial charge on any atom is 0.319 e. The van der Waals surface area contributed by atoms with Gasteiger partial charge in [-0.3, -0.25) is 4.90 Å². The standard InChI is InChI=1S/C44H51ClF3N5O2Si/c1-26(2)56(27(3)4,28(5)6)18-13-33-37(47)11-10-30-19-32(54)20-34(38(30)33)39-36(45)21-35-41(40(39)48)50-43(51-42(35)52-15-7-9-29(23-49)12-17-52)55-25-44-14-8-16-53(44)24-31(46)22-44/h10-11,19-21,26-29,31,54H,7-9,12,14-17,22,24-25H2,1-6H3/t29?,31-,44+/m1/s1. The molecule has 0 amide bonds. The number of nitriles is 1. The van der Waals surface area contributed by atoms with Crippen LogP contribution in [0.2, 0.25) is 21.6 Å². The molecular weight excluding hydrogens is 751 g/mol. The molecule has 3 aromatic carbocycles. The molecule has 7 rings (SSSR count). The van der Waals surface area contributed by atoms with Gasteiger partial charge in [0.25, 0.3) is 0 Å². The zero-order valence-electron chi connectivity index (χ0n) is 33.2. The van der Waals surface area contributed by atoms with Crippen LogP contribution in [-0.4, -0.2) is 72.5 Å². The Morgan fingerprint density at radius 2 is 1.77 bits per heavy atom. The van der Waals surface area contributed by atoms with Gasteiger partial charge in [0.05, 0.1) is 22.2 Å². The number of benzene rings is 3. The molecule has 3 aliphatic heterocycles. The molecule has 3 aliphatic rings. The molecule has 0 bridgehead atoms. The molecular formula is C44H51ClF3N5O2Si. The van der Waals surface area contributed by atoms with Crippen molar-refractivity contribution in [3.8, 4) is 40.4 Å². The van der Waals surface area contributed by atoms with Crippen molar-refractivity contribution in [2.24, 2.45) is 5.92 Å². The molecule has 4 heterocycles. The molecule has 0 spiro atoms. The number of phenolic OH excluding ortho intramolecular Hbond substituents is 1. The lowest BCUT2D eigenvalue weighted by atomic mass is 9.93. The minimum atomic E-state index is -2.31. The predicted molar refractivity (Wildman–Crippen MR) is 221 cm³/mol. The molecule has 0 radical (unpaired) electrons. The quantitative estimate of drug-likeness (QED) is 0.140. The minimum Gasteiger partial charge on any atom is -0.508 e. The average Bonchev–Trinajstić information content (AvgIpc) is 3.55. The Bertz CT molecular complexity index is 2250. The van der Waals surface area contributed by atoms with E-state index in [1.807, 2.05) is 4.90 Å². The van der Waals surface area contributed by atoms with Gasteiger partial charge in [-0.15, -0.1) is 5.54 Å². The van der Waals surface area contributed by atoms with Crippen molar-refractivity contribution in [1.29, 1.82) is 5.26 Å². The van der Waals surface area contributed by atoms with E-state index in [2.05, 4.69) is 69.0 Å². The fraction of sp³-hybridized carbons (Fsp3) is 0.523. The summed E-state index contributed by atoms with van der Waals surface area (Å²) in [7, 11) is -2.31. The van der Waals surface area contributed by atoms with Crippen molar-refractivity contribution in [1.82, 2.24) is 14.9 Å². The minimum absolute atomic E-state index is 0.0315. The highest BCUT2D eigenvalue weighted by Gasteiger charge is 2.49. The summed E-state index contributed by atoms with van der Waals surface area (Å²) in [5, 5.41) is 21.9. The number of anilines is 1. The lowest BCUT2D eigenvalue weighted by Gasteiger charge is -2.38. The largest absolute Gasteiger partial charge is 0.508 e. The third-order valence-corrected chi connectivity index (χ3v) is 19.5. The van der Waals surface area contributed by atoms with Gasteiger partial charge < -0.3 is 14.7 Å². The Morgan fingerprint density at radius 3 is 2.48 bits per heavy atom. The Kier molecular flexibility index (Phi) is 11.3. The highest BCUT2D eigenvalue weighted by Crippen LogP contribution is 2.46. The molecule has 3 saturated heterocycles. The summed E-state index contributed by atoms with van der Waals surface area (Å²) in [6.07, 6.45) is 3.21. The summed E-state index contributed by atoms with van der Waals surface area (Å²) in [6.45, 7) is 15.5. The number of hydrogen-bond donors (Lipinski definition) is 1. The number of aromatic nitrogens is 2. The van der Waals surface area contributed by atoms with Crippen molar-refractivity contribution in [3.05, 3.63) is 52.6 Å². The lowest BCUT2D eigenvalue weighted by Crippen LogP contribution is -2.43. The van der Waals surface area contributed by atoms with E-state index in [4.69, 9.17) is 21.3 Å². The van der Waals surface area contributed by atoms with E-state index >= 15 is 8.78 Å². The van der Waals surface area contributed by atoms with E-state index in [1.165, 1.54) is 18.2 Å². The van der Waals surface area contributed by atoms with Gasteiger partial charge in [0.15, 0.2) is 5.82 Å². The van der Waals surface area contributed by atoms with Crippen LogP contribution in [0.1, 0.15) is 85.6 Å². The fourth-order valence-electron chi connectivity index (χ4n) is 10.1. The number of phenols is 1. The third kappa shape index (κ3) is 7.09. The van der Waals surface area contributed by atoms with Gasteiger partial charge in [-0.05, 0) is 90.5 Å². The summed E-state index contributed by atoms with van der Waals surface area (Å²) in [5.41, 5.74) is 4.25. The van der Waals surface area contributed by atoms with Crippen LogP contribution < -0.4 is 9.64 Å². The molecule has 0 aliphatic carbocycles. The average molecular weight is 802 g/mol. The van der Waals surface area contributed by atoms with Crippen LogP contribution in [-0.2, 0) is 0 Å². The normalized spacial score (nSPS) is 21.8. The molecule has 12 heteroatoms. The number of ether oxygens (including phenoxy) is 1. The van der Waals surface area contributed by atoms with Gasteiger partial charge >= 0.3 is 6.01 Å². The highest BCUT2D eigenvalue weighted by molar-refractivity contribution is 6.90. The molecule has 1 aromatic heterocycles. The third-order valence-electron chi connectivity index (χ3n) is 12.9. The fourth-order valence-corrected chi connectivity index (χ4v) is 15.6. The van der Waals surface area contributed by atoms with Crippen molar-refractivity contribution in [3.63, 3.8) is 0 Å². The van der Waals surface area contributed by atoms with Gasteiger partial charge in [-0.1, -0.05) is 65.1 Å². The van der Waals surface area contributed by atoms with Crippen LogP contribution >= 0.6 is 11.6 Å². The highest BCUT2D eigenvalue weighted by atomic mass is 35.5. The molecule has 3 fully saturated rings. The molecule has 56 heavy (non-hydrogen) atoms. The first-order valence-corrected chi connectivity index (χ1v) is 22.6. The second kappa shape index (κ2) is 15.7. The monoisotopic (exact) mass is 801 g/mol. The number of nitrogens with zero attached hydrogens (tertiary/aromatic N) is 5. The van der Waals surface area contributed by atoms with Gasteiger partial charge in [-0.2, -0.15) is 15.2 Å². The van der Waals surface area contributed by atoms with Crippen molar-refractivity contribution >= 4 is 47.2 Å². The van der Waals surface area contributed by atoms with Crippen LogP contribution in [0.3, 0.4) is 0 Å². The number of rotatable bonds is 8. The van der Waals surface area contributed by atoms with Crippen LogP contribution in [0, 0.1) is 40.3 Å². The number of alkyl halides is 1. The maximum absolute atomic E-state index is 17.6. The number of aromatic hydroxyl groups is 1. The van der Waals surface area contributed by atoms with Crippen LogP contribution in [0.15, 0.2) is 30.3 Å². The summed E-state index contributed by atoms with van der Waals surface area (Å²) in [4.78, 5) is 13.7. The molecule has 1 N–H and O–H groups in total. The Labute approximate surface area is 334 Å². The van der Waals surface area contributed by atoms with Gasteiger partial charge in [-0.25, -0.2) is 13.2 Å². The van der Waals surface area contributed by atoms with E-state index < -0.39 is 31.4 Å². The molecule has 1 unspecified atom stereocenters. The SMILES string of the molecule is CC(C)[Si](C#Cc1c(F)ccc2cc(O)cc(-c3c(Cl)cc4c(N5CCCC(C#N)CC5)nc(OC[C@@]56CCCN5C[C@H](F)C6)nc4c3F)c12)(C(C)C)C(C)C. The number of hydrogen-bond acceptors (Lipinski definition) is 7. The smallest absolute Gasteiger partial charge is 0.319 e. The maximum atomic E-state index is 17.6. The van der Waals surface area contributed by atoms with E-state index in [9.17, 15) is 14.8 Å². The molecule has 7 nitrogen and oxygen atoms in total. The zero-order chi connectivity index (χ0) is 40.1. The second-order valence-electron chi connectivity index (χ2n) is 17.0. The van der Waals surface area contributed by atoms with Crippen molar-refractivity contribution in [2.45, 2.75) is 108 Å². The van der Waals surface area contributed by atoms with Crippen molar-refractivity contribution in [2.75, 3.05) is 37.7 Å².